The van der Waals surface area contributed by atoms with Crippen LogP contribution >= 0.6 is 0 Å². The number of hydrogen-bond acceptors (Lipinski definition) is 7. The summed E-state index contributed by atoms with van der Waals surface area (Å²) in [6.45, 7) is 7.23. The number of nitrogens with two attached hydrogens (primary N) is 2. The molecule has 0 aliphatic carbocycles. The smallest absolute Gasteiger partial charge is 0.328 e. The van der Waals surface area contributed by atoms with Crippen LogP contribution in [0, 0.1) is 0 Å². The minimum Gasteiger partial charge on any atom is -0.487 e. The molecular weight excluding hydrogens is 564 g/mol. The second-order valence-corrected chi connectivity index (χ2v) is 10.3. The van der Waals surface area contributed by atoms with Crippen LogP contribution in [-0.4, -0.2) is 67.5 Å². The van der Waals surface area contributed by atoms with Crippen molar-refractivity contribution in [1.29, 1.82) is 0 Å². The molecule has 12 heteroatoms. The molecule has 0 fully saturated rings. The van der Waals surface area contributed by atoms with E-state index in [0.717, 1.165) is 11.1 Å². The van der Waals surface area contributed by atoms with Crippen molar-refractivity contribution in [2.75, 3.05) is 13.7 Å². The van der Waals surface area contributed by atoms with E-state index in [1.165, 1.54) is 14.0 Å². The molecule has 2 aromatic carbocycles. The highest BCUT2D eigenvalue weighted by Crippen LogP contribution is 2.16. The average molecular weight is 609 g/mol. The molecule has 2 rings (SSSR count). The van der Waals surface area contributed by atoms with Gasteiger partial charge in [0.1, 0.15) is 30.0 Å². The predicted molar refractivity (Wildman–Crippen MR) is 169 cm³/mol. The van der Waals surface area contributed by atoms with Crippen LogP contribution < -0.4 is 32.2 Å². The Morgan fingerprint density at radius 1 is 0.864 bits per heavy atom. The third-order valence-corrected chi connectivity index (χ3v) is 6.62. The van der Waals surface area contributed by atoms with Gasteiger partial charge in [-0.3, -0.25) is 19.4 Å². The molecule has 7 N–H and O–H groups in total. The van der Waals surface area contributed by atoms with Crippen LogP contribution in [0.2, 0.25) is 0 Å². The summed E-state index contributed by atoms with van der Waals surface area (Å²) in [7, 11) is 1.24. The summed E-state index contributed by atoms with van der Waals surface area (Å²) in [5.41, 5.74) is 12.4. The number of carbonyl (C=O) groups excluding carboxylic acids is 4. The molecule has 12 nitrogen and oxygen atoms in total. The summed E-state index contributed by atoms with van der Waals surface area (Å²) in [4.78, 5) is 55.6. The van der Waals surface area contributed by atoms with Gasteiger partial charge in [-0.1, -0.05) is 55.1 Å². The first-order valence-electron chi connectivity index (χ1n) is 14.5. The van der Waals surface area contributed by atoms with Crippen molar-refractivity contribution in [3.8, 4) is 5.75 Å². The lowest BCUT2D eigenvalue weighted by molar-refractivity contribution is -0.145. The molecule has 0 aromatic heterocycles. The zero-order valence-corrected chi connectivity index (χ0v) is 25.6. The fourth-order valence-corrected chi connectivity index (χ4v) is 4.32. The molecule has 0 saturated heterocycles. The molecule has 238 valence electrons. The number of ether oxygens (including phenoxy) is 2. The number of amides is 3. The number of rotatable bonds is 18. The Morgan fingerprint density at radius 2 is 1.45 bits per heavy atom. The van der Waals surface area contributed by atoms with Crippen LogP contribution in [-0.2, 0) is 36.8 Å². The van der Waals surface area contributed by atoms with E-state index in [9.17, 15) is 19.2 Å². The molecule has 3 amide bonds. The molecule has 0 radical (unpaired) electrons. The van der Waals surface area contributed by atoms with E-state index in [-0.39, 0.29) is 31.3 Å². The highest BCUT2D eigenvalue weighted by molar-refractivity contribution is 5.93. The minimum atomic E-state index is -1.02. The zero-order valence-electron chi connectivity index (χ0n) is 25.6. The maximum atomic E-state index is 13.5. The van der Waals surface area contributed by atoms with Gasteiger partial charge in [0.15, 0.2) is 5.96 Å². The Hall–Kier alpha value is -4.87. The number of methoxy groups -OCH3 is 1. The SMILES string of the molecule is C=C[C@@H](C)Oc1ccc(C[C@H](NC(C)=O)C(=O)N[C@@H](CCCCN=C(N)N)C(=O)N[C@@H](Cc2ccccc2)C(=O)OC)cc1. The van der Waals surface area contributed by atoms with Gasteiger partial charge in [-0.15, -0.1) is 0 Å². The second-order valence-electron chi connectivity index (χ2n) is 10.3. The Bertz CT molecular complexity index is 1260. The van der Waals surface area contributed by atoms with Crippen molar-refractivity contribution in [2.45, 2.75) is 70.2 Å². The van der Waals surface area contributed by atoms with E-state index < -0.39 is 41.8 Å². The Morgan fingerprint density at radius 3 is 2.05 bits per heavy atom. The van der Waals surface area contributed by atoms with Gasteiger partial charge in [0.25, 0.3) is 0 Å². The fourth-order valence-electron chi connectivity index (χ4n) is 4.32. The van der Waals surface area contributed by atoms with Gasteiger partial charge >= 0.3 is 5.97 Å². The predicted octanol–water partition coefficient (Wildman–Crippen LogP) is 1.52. The van der Waals surface area contributed by atoms with E-state index in [4.69, 9.17) is 20.9 Å². The number of nitrogens with zero attached hydrogens (tertiary/aromatic N) is 1. The minimum absolute atomic E-state index is 0.0395. The number of unbranched alkanes of at least 4 members (excludes halogenated alkanes) is 1. The van der Waals surface area contributed by atoms with Crippen molar-refractivity contribution in [3.63, 3.8) is 0 Å². The standard InChI is InChI=1S/C32H44N6O6/c1-5-21(2)44-25-16-14-24(15-17-25)19-27(36-22(3)39)30(41)37-26(13-9-10-18-35-32(33)34)29(40)38-28(31(42)43-4)20-23-11-7-6-8-12-23/h5-8,11-12,14-17,21,26-28H,1,9-10,13,18-20H2,2-4H3,(H,36,39)(H,37,41)(H,38,40)(H4,33,34,35)/t21-,26+,27+,28+/m1/s1. The highest BCUT2D eigenvalue weighted by Gasteiger charge is 2.30. The summed E-state index contributed by atoms with van der Waals surface area (Å²) in [6.07, 6.45) is 3.14. The molecule has 0 unspecified atom stereocenters. The molecule has 0 spiro atoms. The number of hydrogen-bond donors (Lipinski definition) is 5. The molecule has 44 heavy (non-hydrogen) atoms. The monoisotopic (exact) mass is 608 g/mol. The highest BCUT2D eigenvalue weighted by atomic mass is 16.5. The van der Waals surface area contributed by atoms with Crippen LogP contribution in [0.5, 0.6) is 5.75 Å². The van der Waals surface area contributed by atoms with Gasteiger partial charge in [0, 0.05) is 26.3 Å². The van der Waals surface area contributed by atoms with E-state index >= 15 is 0 Å². The molecule has 0 aliphatic heterocycles. The topological polar surface area (TPSA) is 187 Å². The molecule has 2 aromatic rings. The first-order chi connectivity index (χ1) is 21.0. The van der Waals surface area contributed by atoms with Crippen LogP contribution in [0.4, 0.5) is 0 Å². The summed E-state index contributed by atoms with van der Waals surface area (Å²) in [5, 5.41) is 8.18. The molecule has 0 bridgehead atoms. The molecule has 0 aliphatic rings. The van der Waals surface area contributed by atoms with E-state index in [2.05, 4.69) is 27.5 Å². The van der Waals surface area contributed by atoms with Crippen molar-refractivity contribution in [2.24, 2.45) is 16.5 Å². The zero-order chi connectivity index (χ0) is 32.5. The molecule has 0 saturated carbocycles. The maximum Gasteiger partial charge on any atom is 0.328 e. The Kier molecular flexibility index (Phi) is 15.0. The third-order valence-electron chi connectivity index (χ3n) is 6.62. The second kappa shape index (κ2) is 18.6. The molecule has 0 heterocycles. The van der Waals surface area contributed by atoms with Gasteiger partial charge in [0.05, 0.1) is 7.11 Å². The van der Waals surface area contributed by atoms with Crippen LogP contribution in [0.25, 0.3) is 0 Å². The molecule has 4 atom stereocenters. The molecular formula is C32H44N6O6. The Labute approximate surface area is 258 Å². The van der Waals surface area contributed by atoms with Crippen molar-refractivity contribution in [1.82, 2.24) is 16.0 Å². The number of carbonyl (C=O) groups is 4. The number of nitrogens with one attached hydrogen (secondary N) is 3. The summed E-state index contributed by atoms with van der Waals surface area (Å²) < 4.78 is 10.6. The maximum absolute atomic E-state index is 13.5. The number of guanidine groups is 1. The fraction of sp³-hybridized carbons (Fsp3) is 0.406. The van der Waals surface area contributed by atoms with Crippen molar-refractivity contribution < 1.29 is 28.7 Å². The lowest BCUT2D eigenvalue weighted by Gasteiger charge is -2.25. The van der Waals surface area contributed by atoms with Crippen molar-refractivity contribution in [3.05, 3.63) is 78.4 Å². The number of benzene rings is 2. The number of esters is 1. The summed E-state index contributed by atoms with van der Waals surface area (Å²) in [5.74, 6) is -1.55. The Balaban J connectivity index is 2.22. The first-order valence-corrected chi connectivity index (χ1v) is 14.5. The largest absolute Gasteiger partial charge is 0.487 e. The van der Waals surface area contributed by atoms with Crippen molar-refractivity contribution >= 4 is 29.7 Å². The van der Waals surface area contributed by atoms with Gasteiger partial charge in [0.2, 0.25) is 17.7 Å². The number of aliphatic imine (C=N–C) groups is 1. The summed E-state index contributed by atoms with van der Waals surface area (Å²) in [6, 6.07) is 13.3. The normalized spacial score (nSPS) is 13.2. The van der Waals surface area contributed by atoms with Gasteiger partial charge in [-0.25, -0.2) is 4.79 Å². The third kappa shape index (κ3) is 13.0. The first kappa shape index (κ1) is 35.3. The van der Waals surface area contributed by atoms with Crippen LogP contribution in [0.15, 0.2) is 72.2 Å². The van der Waals surface area contributed by atoms with Crippen LogP contribution in [0.1, 0.15) is 44.2 Å². The lowest BCUT2D eigenvalue weighted by Crippen LogP contribution is -2.56. The van der Waals surface area contributed by atoms with Gasteiger partial charge in [-0.2, -0.15) is 0 Å². The van der Waals surface area contributed by atoms with Gasteiger partial charge < -0.3 is 36.9 Å². The van der Waals surface area contributed by atoms with Crippen LogP contribution in [0.3, 0.4) is 0 Å². The summed E-state index contributed by atoms with van der Waals surface area (Å²) >= 11 is 0. The average Bonchev–Trinajstić information content (AvgIpc) is 3.00. The van der Waals surface area contributed by atoms with E-state index in [1.54, 1.807) is 30.3 Å². The quantitative estimate of drug-likeness (QED) is 0.0554. The van der Waals surface area contributed by atoms with Gasteiger partial charge in [-0.05, 0) is 49.4 Å². The van der Waals surface area contributed by atoms with E-state index in [0.29, 0.717) is 25.1 Å². The van der Waals surface area contributed by atoms with E-state index in [1.807, 2.05) is 37.3 Å². The lowest BCUT2D eigenvalue weighted by atomic mass is 10.0.